The number of hydrogen-bond donors (Lipinski definition) is 2. The quantitative estimate of drug-likeness (QED) is 0.801. The summed E-state index contributed by atoms with van der Waals surface area (Å²) in [5.41, 5.74) is 0.946. The number of nitrogens with one attached hydrogen (secondary N) is 1. The number of amides is 1. The van der Waals surface area contributed by atoms with Crippen molar-refractivity contribution in [3.05, 3.63) is 60.2 Å². The first kappa shape index (κ1) is 15.5. The summed E-state index contributed by atoms with van der Waals surface area (Å²) in [7, 11) is 0. The minimum absolute atomic E-state index is 0.0278. The highest BCUT2D eigenvalue weighted by Crippen LogP contribution is 2.03. The minimum Gasteiger partial charge on any atom is -0.505 e. The Labute approximate surface area is 128 Å². The Balaban J connectivity index is 1.61. The van der Waals surface area contributed by atoms with E-state index in [9.17, 15) is 4.79 Å². The summed E-state index contributed by atoms with van der Waals surface area (Å²) in [4.78, 5) is 19.3. The number of benzene rings is 1. The van der Waals surface area contributed by atoms with Crippen molar-refractivity contribution in [2.45, 2.75) is 13.0 Å². The van der Waals surface area contributed by atoms with Gasteiger partial charge in [-0.3, -0.25) is 0 Å². The number of rotatable bonds is 6. The summed E-state index contributed by atoms with van der Waals surface area (Å²) in [5, 5.41) is 11.7. The van der Waals surface area contributed by atoms with Crippen LogP contribution < -0.4 is 5.32 Å². The van der Waals surface area contributed by atoms with E-state index in [2.05, 4.69) is 15.3 Å². The van der Waals surface area contributed by atoms with Crippen molar-refractivity contribution in [2.75, 3.05) is 6.54 Å². The van der Waals surface area contributed by atoms with Gasteiger partial charge in [0.25, 0.3) is 0 Å². The van der Waals surface area contributed by atoms with Crippen LogP contribution in [0, 0.1) is 0 Å². The van der Waals surface area contributed by atoms with E-state index < -0.39 is 6.09 Å². The fourth-order valence-corrected chi connectivity index (χ4v) is 1.64. The SMILES string of the molecule is O=C(NCCC=Cc1ncc(O)cn1)OCc1ccccc1. The molecule has 2 rings (SSSR count). The molecule has 0 atom stereocenters. The summed E-state index contributed by atoms with van der Waals surface area (Å²) < 4.78 is 5.08. The molecule has 0 saturated heterocycles. The second kappa shape index (κ2) is 8.41. The molecule has 0 unspecified atom stereocenters. The van der Waals surface area contributed by atoms with Crippen LogP contribution in [0.25, 0.3) is 6.08 Å². The maximum absolute atomic E-state index is 11.5. The highest BCUT2D eigenvalue weighted by Gasteiger charge is 2.00. The van der Waals surface area contributed by atoms with Crippen LogP contribution in [0.5, 0.6) is 5.75 Å². The summed E-state index contributed by atoms with van der Waals surface area (Å²) in [6.07, 6.45) is 6.39. The molecule has 2 N–H and O–H groups in total. The van der Waals surface area contributed by atoms with Gasteiger partial charge in [-0.2, -0.15) is 0 Å². The van der Waals surface area contributed by atoms with Gasteiger partial charge >= 0.3 is 6.09 Å². The molecule has 1 aromatic heterocycles. The zero-order valence-electron chi connectivity index (χ0n) is 12.0. The molecule has 0 aliphatic heterocycles. The van der Waals surface area contributed by atoms with E-state index in [0.29, 0.717) is 18.8 Å². The van der Waals surface area contributed by atoms with Gasteiger partial charge in [-0.25, -0.2) is 14.8 Å². The molecular weight excluding hydrogens is 282 g/mol. The Morgan fingerprint density at radius 1 is 1.23 bits per heavy atom. The predicted octanol–water partition coefficient (Wildman–Crippen LogP) is 2.51. The first-order valence-corrected chi connectivity index (χ1v) is 6.86. The molecule has 6 nitrogen and oxygen atoms in total. The smallest absolute Gasteiger partial charge is 0.407 e. The van der Waals surface area contributed by atoms with Gasteiger partial charge in [0.2, 0.25) is 0 Å². The molecule has 114 valence electrons. The Bertz CT molecular complexity index is 612. The zero-order chi connectivity index (χ0) is 15.6. The average molecular weight is 299 g/mol. The van der Waals surface area contributed by atoms with Gasteiger partial charge in [0.1, 0.15) is 6.61 Å². The largest absolute Gasteiger partial charge is 0.505 e. The lowest BCUT2D eigenvalue weighted by Gasteiger charge is -2.05. The number of aromatic nitrogens is 2. The Morgan fingerprint density at radius 2 is 1.95 bits per heavy atom. The maximum atomic E-state index is 11.5. The fraction of sp³-hybridized carbons (Fsp3) is 0.188. The normalized spacial score (nSPS) is 10.5. The van der Waals surface area contributed by atoms with Gasteiger partial charge in [-0.1, -0.05) is 36.4 Å². The molecule has 0 aliphatic carbocycles. The highest BCUT2D eigenvalue weighted by atomic mass is 16.5. The summed E-state index contributed by atoms with van der Waals surface area (Å²) in [6, 6.07) is 9.49. The molecule has 1 aromatic carbocycles. The molecule has 0 fully saturated rings. The first-order valence-electron chi connectivity index (χ1n) is 6.86. The second-order valence-electron chi connectivity index (χ2n) is 4.48. The van der Waals surface area contributed by atoms with E-state index in [0.717, 1.165) is 5.56 Å². The molecule has 0 spiro atoms. The van der Waals surface area contributed by atoms with Crippen LogP contribution in [0.1, 0.15) is 17.8 Å². The molecule has 0 radical (unpaired) electrons. The third-order valence-corrected chi connectivity index (χ3v) is 2.72. The highest BCUT2D eigenvalue weighted by molar-refractivity contribution is 5.67. The van der Waals surface area contributed by atoms with Gasteiger partial charge in [-0.15, -0.1) is 0 Å². The maximum Gasteiger partial charge on any atom is 0.407 e. The van der Waals surface area contributed by atoms with Crippen LogP contribution in [0.2, 0.25) is 0 Å². The Hall–Kier alpha value is -2.89. The van der Waals surface area contributed by atoms with E-state index in [1.807, 2.05) is 36.4 Å². The van der Waals surface area contributed by atoms with Gasteiger partial charge in [0, 0.05) is 6.54 Å². The number of hydrogen-bond acceptors (Lipinski definition) is 5. The predicted molar refractivity (Wildman–Crippen MR) is 82.0 cm³/mol. The van der Waals surface area contributed by atoms with Gasteiger partial charge in [0.05, 0.1) is 12.4 Å². The van der Waals surface area contributed by atoms with Gasteiger partial charge in [-0.05, 0) is 18.1 Å². The molecular formula is C16H17N3O3. The topological polar surface area (TPSA) is 84.3 Å². The van der Waals surface area contributed by atoms with Crippen molar-refractivity contribution >= 4 is 12.2 Å². The lowest BCUT2D eigenvalue weighted by molar-refractivity contribution is 0.140. The van der Waals surface area contributed by atoms with E-state index in [4.69, 9.17) is 9.84 Å². The lowest BCUT2D eigenvalue weighted by atomic mass is 10.2. The van der Waals surface area contributed by atoms with E-state index >= 15 is 0 Å². The van der Waals surface area contributed by atoms with Gasteiger partial charge < -0.3 is 15.2 Å². The molecule has 6 heteroatoms. The van der Waals surface area contributed by atoms with Crippen LogP contribution in [0.15, 0.2) is 48.8 Å². The second-order valence-corrected chi connectivity index (χ2v) is 4.48. The first-order chi connectivity index (χ1) is 10.7. The van der Waals surface area contributed by atoms with Crippen molar-refractivity contribution in [3.8, 4) is 5.75 Å². The number of carbonyl (C=O) groups excluding carboxylic acids is 1. The molecule has 0 saturated carbocycles. The molecule has 22 heavy (non-hydrogen) atoms. The van der Waals surface area contributed by atoms with Crippen LogP contribution in [-0.2, 0) is 11.3 Å². The Morgan fingerprint density at radius 3 is 2.68 bits per heavy atom. The van der Waals surface area contributed by atoms with Gasteiger partial charge in [0.15, 0.2) is 11.6 Å². The monoisotopic (exact) mass is 299 g/mol. The van der Waals surface area contributed by atoms with Crippen molar-refractivity contribution in [1.82, 2.24) is 15.3 Å². The lowest BCUT2D eigenvalue weighted by Crippen LogP contribution is -2.24. The number of ether oxygens (including phenoxy) is 1. The number of aromatic hydroxyl groups is 1. The van der Waals surface area contributed by atoms with Crippen LogP contribution in [-0.4, -0.2) is 27.7 Å². The van der Waals surface area contributed by atoms with Crippen molar-refractivity contribution in [1.29, 1.82) is 0 Å². The van der Waals surface area contributed by atoms with Crippen molar-refractivity contribution in [2.24, 2.45) is 0 Å². The molecule has 2 aromatic rings. The standard InChI is InChI=1S/C16H17N3O3/c20-14-10-18-15(19-11-14)8-4-5-9-17-16(21)22-12-13-6-2-1-3-7-13/h1-4,6-8,10-11,20H,5,9,12H2,(H,17,21). The van der Waals surface area contributed by atoms with E-state index in [1.54, 1.807) is 6.08 Å². The molecule has 1 heterocycles. The minimum atomic E-state index is -0.446. The third kappa shape index (κ3) is 5.62. The summed E-state index contributed by atoms with van der Waals surface area (Å²) >= 11 is 0. The third-order valence-electron chi connectivity index (χ3n) is 2.72. The van der Waals surface area contributed by atoms with Crippen molar-refractivity contribution < 1.29 is 14.6 Å². The summed E-state index contributed by atoms with van der Waals surface area (Å²) in [5.74, 6) is 0.532. The number of nitrogens with zero attached hydrogens (tertiary/aromatic N) is 2. The van der Waals surface area contributed by atoms with E-state index in [1.165, 1.54) is 12.4 Å². The fourth-order valence-electron chi connectivity index (χ4n) is 1.64. The molecule has 1 amide bonds. The summed E-state index contributed by atoms with van der Waals surface area (Å²) in [6.45, 7) is 0.714. The Kier molecular flexibility index (Phi) is 5.92. The van der Waals surface area contributed by atoms with E-state index in [-0.39, 0.29) is 12.4 Å². The average Bonchev–Trinajstić information content (AvgIpc) is 2.55. The van der Waals surface area contributed by atoms with Crippen molar-refractivity contribution in [3.63, 3.8) is 0 Å². The number of carbonyl (C=O) groups is 1. The molecule has 0 bridgehead atoms. The van der Waals surface area contributed by atoms with Crippen LogP contribution in [0.3, 0.4) is 0 Å². The van der Waals surface area contributed by atoms with Crippen LogP contribution >= 0.6 is 0 Å². The van der Waals surface area contributed by atoms with Crippen LogP contribution in [0.4, 0.5) is 4.79 Å². The molecule has 0 aliphatic rings. The number of alkyl carbamates (subject to hydrolysis) is 1. The zero-order valence-corrected chi connectivity index (χ0v) is 12.0.